The summed E-state index contributed by atoms with van der Waals surface area (Å²) >= 11 is 0. The number of aryl methyl sites for hydroxylation is 2. The van der Waals surface area contributed by atoms with Gasteiger partial charge < -0.3 is 10.1 Å². The number of hydrogen-bond acceptors (Lipinski definition) is 3. The molecule has 1 N–H and O–H groups in total. The van der Waals surface area contributed by atoms with E-state index in [0.717, 1.165) is 18.7 Å². The highest BCUT2D eigenvalue weighted by molar-refractivity contribution is 5.38. The normalized spacial score (nSPS) is 12.2. The molecule has 0 aliphatic carbocycles. The number of ether oxygens (including phenoxy) is 1. The first-order valence-corrected chi connectivity index (χ1v) is 7.42. The molecular formula is C18H24N2O. The van der Waals surface area contributed by atoms with Crippen molar-refractivity contribution in [2.75, 3.05) is 13.7 Å². The van der Waals surface area contributed by atoms with Gasteiger partial charge in [0.2, 0.25) is 0 Å². The average Bonchev–Trinajstić information content (AvgIpc) is 2.47. The highest BCUT2D eigenvalue weighted by Gasteiger charge is 2.14. The lowest BCUT2D eigenvalue weighted by atomic mass is 9.97. The lowest BCUT2D eigenvalue weighted by Gasteiger charge is -2.20. The van der Waals surface area contributed by atoms with Gasteiger partial charge in [0.25, 0.3) is 0 Å². The molecule has 1 heterocycles. The SMILES string of the molecule is CCNC(Cc1cc(C)ccc1OC)c1cncc(C)c1. The summed E-state index contributed by atoms with van der Waals surface area (Å²) in [5.41, 5.74) is 4.89. The van der Waals surface area contributed by atoms with Gasteiger partial charge in [0.05, 0.1) is 7.11 Å². The summed E-state index contributed by atoms with van der Waals surface area (Å²) in [4.78, 5) is 4.32. The van der Waals surface area contributed by atoms with Gasteiger partial charge in [-0.05, 0) is 49.6 Å². The summed E-state index contributed by atoms with van der Waals surface area (Å²) in [5.74, 6) is 0.948. The summed E-state index contributed by atoms with van der Waals surface area (Å²) in [5, 5.41) is 3.55. The van der Waals surface area contributed by atoms with Crippen LogP contribution >= 0.6 is 0 Å². The third-order valence-corrected chi connectivity index (χ3v) is 3.61. The van der Waals surface area contributed by atoms with E-state index in [-0.39, 0.29) is 6.04 Å². The Morgan fingerprint density at radius 2 is 1.95 bits per heavy atom. The highest BCUT2D eigenvalue weighted by Crippen LogP contribution is 2.26. The minimum atomic E-state index is 0.248. The molecule has 3 heteroatoms. The van der Waals surface area contributed by atoms with E-state index in [0.29, 0.717) is 0 Å². The van der Waals surface area contributed by atoms with Crippen LogP contribution in [0.15, 0.2) is 36.7 Å². The zero-order valence-corrected chi connectivity index (χ0v) is 13.3. The second kappa shape index (κ2) is 7.23. The van der Waals surface area contributed by atoms with Crippen LogP contribution in [0.4, 0.5) is 0 Å². The van der Waals surface area contributed by atoms with Crippen molar-refractivity contribution in [1.82, 2.24) is 10.3 Å². The standard InChI is InChI=1S/C18H24N2O/c1-5-20-17(16-9-14(3)11-19-12-16)10-15-8-13(2)6-7-18(15)21-4/h6-9,11-12,17,20H,5,10H2,1-4H3. The molecule has 3 nitrogen and oxygen atoms in total. The Morgan fingerprint density at radius 3 is 2.62 bits per heavy atom. The quantitative estimate of drug-likeness (QED) is 0.880. The van der Waals surface area contributed by atoms with Gasteiger partial charge in [0.15, 0.2) is 0 Å². The van der Waals surface area contributed by atoms with E-state index in [1.807, 2.05) is 18.5 Å². The molecule has 0 radical (unpaired) electrons. The molecule has 2 rings (SSSR count). The summed E-state index contributed by atoms with van der Waals surface area (Å²) < 4.78 is 5.50. The fourth-order valence-electron chi connectivity index (χ4n) is 2.61. The van der Waals surface area contributed by atoms with Crippen molar-refractivity contribution in [3.63, 3.8) is 0 Å². The molecule has 1 aromatic heterocycles. The van der Waals surface area contributed by atoms with Crippen molar-refractivity contribution in [2.24, 2.45) is 0 Å². The summed E-state index contributed by atoms with van der Waals surface area (Å²) in [6, 6.07) is 8.77. The van der Waals surface area contributed by atoms with Gasteiger partial charge in [-0.1, -0.05) is 30.7 Å². The third-order valence-electron chi connectivity index (χ3n) is 3.61. The summed E-state index contributed by atoms with van der Waals surface area (Å²) in [6.07, 6.45) is 4.73. The van der Waals surface area contributed by atoms with Crippen LogP contribution in [0.25, 0.3) is 0 Å². The van der Waals surface area contributed by atoms with E-state index < -0.39 is 0 Å². The smallest absolute Gasteiger partial charge is 0.122 e. The van der Waals surface area contributed by atoms with Gasteiger partial charge >= 0.3 is 0 Å². The predicted octanol–water partition coefficient (Wildman–Crippen LogP) is 3.60. The van der Waals surface area contributed by atoms with Crippen LogP contribution in [0.5, 0.6) is 5.75 Å². The van der Waals surface area contributed by atoms with Gasteiger partial charge in [-0.15, -0.1) is 0 Å². The van der Waals surface area contributed by atoms with Crippen LogP contribution in [0, 0.1) is 13.8 Å². The number of pyridine rings is 1. The number of hydrogen-bond donors (Lipinski definition) is 1. The van der Waals surface area contributed by atoms with E-state index in [2.05, 4.69) is 49.3 Å². The number of likely N-dealkylation sites (N-methyl/N-ethyl adjacent to an activating group) is 1. The Labute approximate surface area is 127 Å². The number of nitrogens with one attached hydrogen (secondary N) is 1. The van der Waals surface area contributed by atoms with E-state index >= 15 is 0 Å². The first-order chi connectivity index (χ1) is 10.1. The maximum atomic E-state index is 5.50. The molecule has 1 atom stereocenters. The Hall–Kier alpha value is -1.87. The van der Waals surface area contributed by atoms with Gasteiger partial charge in [0, 0.05) is 18.4 Å². The molecule has 21 heavy (non-hydrogen) atoms. The van der Waals surface area contributed by atoms with Crippen molar-refractivity contribution in [2.45, 2.75) is 33.2 Å². The zero-order chi connectivity index (χ0) is 15.2. The molecule has 0 aliphatic rings. The zero-order valence-electron chi connectivity index (χ0n) is 13.3. The molecule has 112 valence electrons. The van der Waals surface area contributed by atoms with E-state index in [9.17, 15) is 0 Å². The van der Waals surface area contributed by atoms with Crippen molar-refractivity contribution in [3.8, 4) is 5.75 Å². The molecule has 0 bridgehead atoms. The van der Waals surface area contributed by atoms with E-state index in [4.69, 9.17) is 4.74 Å². The highest BCUT2D eigenvalue weighted by atomic mass is 16.5. The van der Waals surface area contributed by atoms with Crippen molar-refractivity contribution < 1.29 is 4.74 Å². The molecule has 1 aromatic carbocycles. The summed E-state index contributed by atoms with van der Waals surface area (Å²) in [7, 11) is 1.73. The number of nitrogens with zero attached hydrogens (tertiary/aromatic N) is 1. The second-order valence-corrected chi connectivity index (χ2v) is 5.43. The fraction of sp³-hybridized carbons (Fsp3) is 0.389. The molecular weight excluding hydrogens is 260 g/mol. The van der Waals surface area contributed by atoms with Crippen LogP contribution in [0.1, 0.15) is 35.2 Å². The average molecular weight is 284 g/mol. The van der Waals surface area contributed by atoms with Crippen molar-refractivity contribution >= 4 is 0 Å². The number of methoxy groups -OCH3 is 1. The van der Waals surface area contributed by atoms with Crippen molar-refractivity contribution in [3.05, 3.63) is 58.9 Å². The molecule has 0 saturated carbocycles. The van der Waals surface area contributed by atoms with Gasteiger partial charge in [-0.25, -0.2) is 0 Å². The predicted molar refractivity (Wildman–Crippen MR) is 86.8 cm³/mol. The first-order valence-electron chi connectivity index (χ1n) is 7.42. The molecule has 1 unspecified atom stereocenters. The van der Waals surface area contributed by atoms with Crippen LogP contribution in [-0.2, 0) is 6.42 Å². The van der Waals surface area contributed by atoms with Gasteiger partial charge in [-0.2, -0.15) is 0 Å². The van der Waals surface area contributed by atoms with Gasteiger partial charge in [0.1, 0.15) is 5.75 Å². The Morgan fingerprint density at radius 1 is 1.14 bits per heavy atom. The fourth-order valence-corrected chi connectivity index (χ4v) is 2.61. The van der Waals surface area contributed by atoms with Crippen LogP contribution in [0.2, 0.25) is 0 Å². The minimum absolute atomic E-state index is 0.248. The van der Waals surface area contributed by atoms with E-state index in [1.54, 1.807) is 7.11 Å². The number of aromatic nitrogens is 1. The molecule has 0 fully saturated rings. The maximum Gasteiger partial charge on any atom is 0.122 e. The monoisotopic (exact) mass is 284 g/mol. The maximum absolute atomic E-state index is 5.50. The number of rotatable bonds is 6. The third kappa shape index (κ3) is 4.05. The van der Waals surface area contributed by atoms with Crippen LogP contribution in [-0.4, -0.2) is 18.6 Å². The minimum Gasteiger partial charge on any atom is -0.496 e. The molecule has 0 amide bonds. The Kier molecular flexibility index (Phi) is 5.34. The Bertz CT molecular complexity index is 596. The topological polar surface area (TPSA) is 34.1 Å². The molecule has 2 aromatic rings. The molecule has 0 saturated heterocycles. The number of benzene rings is 1. The van der Waals surface area contributed by atoms with E-state index in [1.165, 1.54) is 22.3 Å². The Balaban J connectivity index is 2.30. The van der Waals surface area contributed by atoms with Crippen molar-refractivity contribution in [1.29, 1.82) is 0 Å². The molecule has 0 spiro atoms. The molecule has 0 aliphatic heterocycles. The first kappa shape index (κ1) is 15.5. The second-order valence-electron chi connectivity index (χ2n) is 5.43. The largest absolute Gasteiger partial charge is 0.496 e. The van der Waals surface area contributed by atoms with Crippen LogP contribution < -0.4 is 10.1 Å². The van der Waals surface area contributed by atoms with Crippen LogP contribution in [0.3, 0.4) is 0 Å². The lowest BCUT2D eigenvalue weighted by molar-refractivity contribution is 0.405. The lowest BCUT2D eigenvalue weighted by Crippen LogP contribution is -2.23. The summed E-state index contributed by atoms with van der Waals surface area (Å²) in [6.45, 7) is 7.24. The van der Waals surface area contributed by atoms with Gasteiger partial charge in [-0.3, -0.25) is 4.98 Å².